The number of hydrogen-bond donors (Lipinski definition) is 4. The quantitative estimate of drug-likeness (QED) is 0.586. The number of amides is 1. The first-order chi connectivity index (χ1) is 9.41. The molecule has 0 aliphatic heterocycles. The molecule has 1 aromatic rings. The number of hydrogen-bond acceptors (Lipinski definition) is 5. The second kappa shape index (κ2) is 7.46. The number of nitrogens with one attached hydrogen (secondary N) is 1. The molecule has 3 atom stereocenters. The lowest BCUT2D eigenvalue weighted by Crippen LogP contribution is -2.53. The molecular formula is C13H18N2O5. The van der Waals surface area contributed by atoms with Gasteiger partial charge in [-0.05, 0) is 12.5 Å². The minimum Gasteiger partial charge on any atom is -0.480 e. The molecule has 7 heteroatoms. The molecule has 0 saturated carbocycles. The van der Waals surface area contributed by atoms with Crippen molar-refractivity contribution in [3.63, 3.8) is 0 Å². The highest BCUT2D eigenvalue weighted by Gasteiger charge is 2.28. The number of aliphatic hydroxyl groups is 1. The fourth-order valence-electron chi connectivity index (χ4n) is 1.49. The van der Waals surface area contributed by atoms with Gasteiger partial charge in [-0.25, -0.2) is 4.79 Å². The van der Waals surface area contributed by atoms with E-state index in [0.717, 1.165) is 5.56 Å². The van der Waals surface area contributed by atoms with Crippen LogP contribution in [0.2, 0.25) is 0 Å². The molecule has 0 bridgehead atoms. The van der Waals surface area contributed by atoms with E-state index in [0.29, 0.717) is 0 Å². The predicted octanol–water partition coefficient (Wildman–Crippen LogP) is 0.0741. The minimum absolute atomic E-state index is 0.0838. The van der Waals surface area contributed by atoms with Gasteiger partial charge in [0.25, 0.3) is 0 Å². The molecule has 0 spiro atoms. The van der Waals surface area contributed by atoms with Crippen molar-refractivity contribution in [3.05, 3.63) is 35.9 Å². The average molecular weight is 282 g/mol. The Morgan fingerprint density at radius 3 is 2.50 bits per heavy atom. The van der Waals surface area contributed by atoms with Gasteiger partial charge in [0.05, 0.1) is 12.1 Å². The van der Waals surface area contributed by atoms with Crippen LogP contribution < -0.4 is 11.1 Å². The Morgan fingerprint density at radius 2 is 1.95 bits per heavy atom. The number of carboxylic acids is 1. The summed E-state index contributed by atoms with van der Waals surface area (Å²) in [5.74, 6) is -1.34. The summed E-state index contributed by atoms with van der Waals surface area (Å²) >= 11 is 0. The number of nitrogens with two attached hydrogens (primary N) is 1. The Balaban J connectivity index is 2.40. The smallest absolute Gasteiger partial charge is 0.407 e. The fourth-order valence-corrected chi connectivity index (χ4v) is 1.49. The van der Waals surface area contributed by atoms with Crippen LogP contribution in [0.5, 0.6) is 0 Å². The van der Waals surface area contributed by atoms with E-state index in [-0.39, 0.29) is 6.61 Å². The summed E-state index contributed by atoms with van der Waals surface area (Å²) in [7, 11) is 0. The number of rotatable bonds is 6. The van der Waals surface area contributed by atoms with Crippen LogP contribution in [0.4, 0.5) is 4.79 Å². The van der Waals surface area contributed by atoms with Crippen molar-refractivity contribution in [2.45, 2.75) is 31.7 Å². The van der Waals surface area contributed by atoms with E-state index in [4.69, 9.17) is 15.6 Å². The maximum absolute atomic E-state index is 11.5. The molecule has 0 unspecified atom stereocenters. The van der Waals surface area contributed by atoms with E-state index < -0.39 is 30.3 Å². The van der Waals surface area contributed by atoms with Crippen LogP contribution in [-0.4, -0.2) is 40.5 Å². The molecule has 0 heterocycles. The van der Waals surface area contributed by atoms with Crippen molar-refractivity contribution >= 4 is 12.1 Å². The second-order valence-corrected chi connectivity index (χ2v) is 4.35. The van der Waals surface area contributed by atoms with Crippen molar-refractivity contribution in [2.75, 3.05) is 0 Å². The Bertz CT molecular complexity index is 451. The molecule has 7 nitrogen and oxygen atoms in total. The van der Waals surface area contributed by atoms with Crippen LogP contribution in [0, 0.1) is 0 Å². The van der Waals surface area contributed by atoms with Crippen LogP contribution in [0.25, 0.3) is 0 Å². The van der Waals surface area contributed by atoms with Crippen LogP contribution in [0.1, 0.15) is 12.5 Å². The number of alkyl carbamates (subject to hydrolysis) is 1. The van der Waals surface area contributed by atoms with Gasteiger partial charge in [0.1, 0.15) is 12.6 Å². The van der Waals surface area contributed by atoms with Crippen molar-refractivity contribution in [1.29, 1.82) is 0 Å². The molecule has 0 aliphatic carbocycles. The first kappa shape index (κ1) is 15.9. The summed E-state index contributed by atoms with van der Waals surface area (Å²) in [4.78, 5) is 22.1. The highest BCUT2D eigenvalue weighted by molar-refractivity contribution is 5.74. The van der Waals surface area contributed by atoms with E-state index >= 15 is 0 Å². The predicted molar refractivity (Wildman–Crippen MR) is 70.8 cm³/mol. The van der Waals surface area contributed by atoms with Gasteiger partial charge in [-0.3, -0.25) is 4.79 Å². The number of carbonyl (C=O) groups is 2. The van der Waals surface area contributed by atoms with Gasteiger partial charge >= 0.3 is 12.1 Å². The molecule has 5 N–H and O–H groups in total. The summed E-state index contributed by atoms with van der Waals surface area (Å²) in [6, 6.07) is 6.75. The van der Waals surface area contributed by atoms with Crippen LogP contribution >= 0.6 is 0 Å². The summed E-state index contributed by atoms with van der Waals surface area (Å²) in [5.41, 5.74) is 6.08. The normalized spacial score (nSPS) is 14.9. The third-order valence-electron chi connectivity index (χ3n) is 2.72. The topological polar surface area (TPSA) is 122 Å². The Morgan fingerprint density at radius 1 is 1.35 bits per heavy atom. The highest BCUT2D eigenvalue weighted by atomic mass is 16.5. The lowest BCUT2D eigenvalue weighted by Gasteiger charge is -2.22. The molecule has 0 saturated heterocycles. The van der Waals surface area contributed by atoms with Gasteiger partial charge in [-0.1, -0.05) is 30.3 Å². The highest BCUT2D eigenvalue weighted by Crippen LogP contribution is 2.02. The zero-order chi connectivity index (χ0) is 15.1. The molecule has 1 aromatic carbocycles. The summed E-state index contributed by atoms with van der Waals surface area (Å²) in [5, 5.41) is 20.6. The van der Waals surface area contributed by atoms with Crippen LogP contribution in [0.15, 0.2) is 30.3 Å². The zero-order valence-corrected chi connectivity index (χ0v) is 11.0. The van der Waals surface area contributed by atoms with E-state index in [2.05, 4.69) is 5.32 Å². The maximum Gasteiger partial charge on any atom is 0.407 e. The number of aliphatic hydroxyl groups excluding tert-OH is 1. The Labute approximate surface area is 116 Å². The van der Waals surface area contributed by atoms with Gasteiger partial charge in [0, 0.05) is 0 Å². The maximum atomic E-state index is 11.5. The third kappa shape index (κ3) is 4.87. The van der Waals surface area contributed by atoms with Crippen molar-refractivity contribution in [2.24, 2.45) is 5.73 Å². The summed E-state index contributed by atoms with van der Waals surface area (Å²) in [6.45, 7) is 1.53. The molecular weight excluding hydrogens is 264 g/mol. The number of carboxylic acid groups (broad SMARTS) is 1. The Kier molecular flexibility index (Phi) is 5.95. The lowest BCUT2D eigenvalue weighted by atomic mass is 10.1. The minimum atomic E-state index is -1.47. The number of ether oxygens (including phenoxy) is 1. The second-order valence-electron chi connectivity index (χ2n) is 4.35. The van der Waals surface area contributed by atoms with Crippen molar-refractivity contribution in [1.82, 2.24) is 5.32 Å². The molecule has 1 rings (SSSR count). The standard InChI is InChI=1S/C13H18N2O5/c1-8(11(16)10(14)12(17)18)15-13(19)20-7-9-5-3-2-4-6-9/h2-6,8,10-11,16H,7,14H2,1H3,(H,15,19)(H,17,18)/t8-,10+,11+/m0/s1. The number of carbonyl (C=O) groups excluding carboxylic acids is 1. The first-order valence-corrected chi connectivity index (χ1v) is 6.05. The van der Waals surface area contributed by atoms with Crippen molar-refractivity contribution in [3.8, 4) is 0 Å². The van der Waals surface area contributed by atoms with Crippen molar-refractivity contribution < 1.29 is 24.5 Å². The largest absolute Gasteiger partial charge is 0.480 e. The lowest BCUT2D eigenvalue weighted by molar-refractivity contribution is -0.141. The van der Waals surface area contributed by atoms with Gasteiger partial charge in [-0.2, -0.15) is 0 Å². The monoisotopic (exact) mass is 282 g/mol. The molecule has 0 aliphatic rings. The molecule has 0 aromatic heterocycles. The van der Waals surface area contributed by atoms with E-state index in [1.807, 2.05) is 18.2 Å². The molecule has 20 heavy (non-hydrogen) atoms. The number of benzene rings is 1. The van der Waals surface area contributed by atoms with Gasteiger partial charge in [0.15, 0.2) is 0 Å². The van der Waals surface area contributed by atoms with E-state index in [1.54, 1.807) is 12.1 Å². The van der Waals surface area contributed by atoms with Crippen LogP contribution in [0.3, 0.4) is 0 Å². The Hall–Kier alpha value is -2.12. The third-order valence-corrected chi connectivity index (χ3v) is 2.72. The molecule has 0 radical (unpaired) electrons. The molecule has 1 amide bonds. The molecule has 110 valence electrons. The molecule has 0 fully saturated rings. The number of aliphatic carboxylic acids is 1. The summed E-state index contributed by atoms with van der Waals surface area (Å²) in [6.07, 6.45) is -2.16. The average Bonchev–Trinajstić information content (AvgIpc) is 2.44. The van der Waals surface area contributed by atoms with Gasteiger partial charge in [0.2, 0.25) is 0 Å². The SMILES string of the molecule is C[C@H](NC(=O)OCc1ccccc1)[C@@H](O)[C@@H](N)C(=O)O. The fraction of sp³-hybridized carbons (Fsp3) is 0.385. The first-order valence-electron chi connectivity index (χ1n) is 6.05. The zero-order valence-electron chi connectivity index (χ0n) is 11.0. The van der Waals surface area contributed by atoms with Gasteiger partial charge in [-0.15, -0.1) is 0 Å². The van der Waals surface area contributed by atoms with E-state index in [9.17, 15) is 14.7 Å². The van der Waals surface area contributed by atoms with E-state index in [1.165, 1.54) is 6.92 Å². The van der Waals surface area contributed by atoms with Gasteiger partial charge < -0.3 is 26.0 Å². The summed E-state index contributed by atoms with van der Waals surface area (Å²) < 4.78 is 4.94. The van der Waals surface area contributed by atoms with Crippen LogP contribution in [-0.2, 0) is 16.1 Å².